The highest BCUT2D eigenvalue weighted by Gasteiger charge is 2.20. The molecule has 2 aromatic rings. The Balaban J connectivity index is 2.42. The maximum absolute atomic E-state index is 14.1. The molecular formula is C15H16FNO2S. The Morgan fingerprint density at radius 2 is 1.70 bits per heavy atom. The molecule has 0 spiro atoms. The molecule has 106 valence electrons. The van der Waals surface area contributed by atoms with Gasteiger partial charge in [0.05, 0.1) is 10.6 Å². The van der Waals surface area contributed by atoms with Crippen LogP contribution in [0.2, 0.25) is 0 Å². The van der Waals surface area contributed by atoms with Crippen LogP contribution in [0.4, 0.5) is 4.39 Å². The lowest BCUT2D eigenvalue weighted by Crippen LogP contribution is -2.10. The van der Waals surface area contributed by atoms with Gasteiger partial charge < -0.3 is 5.73 Å². The number of aryl methyl sites for hydroxylation is 1. The van der Waals surface area contributed by atoms with Gasteiger partial charge in [0.2, 0.25) is 0 Å². The van der Waals surface area contributed by atoms with Crippen LogP contribution in [0.15, 0.2) is 47.4 Å². The van der Waals surface area contributed by atoms with E-state index < -0.39 is 15.7 Å². The third kappa shape index (κ3) is 2.89. The summed E-state index contributed by atoms with van der Waals surface area (Å²) in [7, 11) is -3.57. The fourth-order valence-corrected chi connectivity index (χ4v) is 3.72. The summed E-state index contributed by atoms with van der Waals surface area (Å²) in [6, 6.07) is 11.3. The maximum Gasteiger partial charge on any atom is 0.182 e. The first kappa shape index (κ1) is 14.7. The predicted octanol–water partition coefficient (Wildman–Crippen LogP) is 2.57. The van der Waals surface area contributed by atoms with E-state index in [1.165, 1.54) is 12.1 Å². The first-order chi connectivity index (χ1) is 9.45. The van der Waals surface area contributed by atoms with Gasteiger partial charge >= 0.3 is 0 Å². The van der Waals surface area contributed by atoms with Crippen molar-refractivity contribution in [3.05, 3.63) is 65.0 Å². The Morgan fingerprint density at radius 1 is 1.05 bits per heavy atom. The molecule has 0 aliphatic rings. The first-order valence-corrected chi connectivity index (χ1v) is 7.85. The van der Waals surface area contributed by atoms with Crippen LogP contribution in [0.25, 0.3) is 0 Å². The summed E-state index contributed by atoms with van der Waals surface area (Å²) < 4.78 is 38.8. The molecule has 20 heavy (non-hydrogen) atoms. The van der Waals surface area contributed by atoms with Crippen molar-refractivity contribution in [2.75, 3.05) is 0 Å². The van der Waals surface area contributed by atoms with E-state index >= 15 is 0 Å². The molecule has 0 saturated heterocycles. The van der Waals surface area contributed by atoms with E-state index in [-0.39, 0.29) is 22.8 Å². The van der Waals surface area contributed by atoms with Crippen LogP contribution in [-0.4, -0.2) is 8.42 Å². The minimum absolute atomic E-state index is 0.0457. The topological polar surface area (TPSA) is 60.2 Å². The average molecular weight is 293 g/mol. The van der Waals surface area contributed by atoms with Crippen LogP contribution in [0.1, 0.15) is 16.7 Å². The summed E-state index contributed by atoms with van der Waals surface area (Å²) in [6.07, 6.45) is 0. The Bertz CT molecular complexity index is 726. The van der Waals surface area contributed by atoms with Crippen molar-refractivity contribution >= 4 is 9.84 Å². The van der Waals surface area contributed by atoms with E-state index in [2.05, 4.69) is 0 Å². The summed E-state index contributed by atoms with van der Waals surface area (Å²) in [4.78, 5) is 0.234. The molecule has 0 fully saturated rings. The molecule has 0 aliphatic carbocycles. The molecule has 0 saturated carbocycles. The van der Waals surface area contributed by atoms with E-state index in [4.69, 9.17) is 5.73 Å². The molecule has 2 aromatic carbocycles. The monoisotopic (exact) mass is 293 g/mol. The Labute approximate surface area is 118 Å². The average Bonchev–Trinajstić information content (AvgIpc) is 2.41. The number of sulfone groups is 1. The molecule has 0 aromatic heterocycles. The third-order valence-corrected chi connectivity index (χ3v) is 4.97. The second-order valence-corrected chi connectivity index (χ2v) is 6.58. The normalized spacial score (nSPS) is 11.6. The molecule has 0 atom stereocenters. The van der Waals surface area contributed by atoms with E-state index in [1.54, 1.807) is 37.3 Å². The molecule has 0 bridgehead atoms. The van der Waals surface area contributed by atoms with E-state index in [9.17, 15) is 12.8 Å². The molecule has 0 heterocycles. The second kappa shape index (κ2) is 5.73. The Kier molecular flexibility index (Phi) is 4.20. The molecular weight excluding hydrogens is 277 g/mol. The van der Waals surface area contributed by atoms with Crippen molar-refractivity contribution in [1.82, 2.24) is 0 Å². The third-order valence-electron chi connectivity index (χ3n) is 3.15. The standard InChI is InChI=1S/C15H16FNO2S/c1-11-5-2-3-8-14(11)20(18,19)10-13-7-4-6-12(9-17)15(13)16/h2-8H,9-10,17H2,1H3. The van der Waals surface area contributed by atoms with Crippen LogP contribution in [-0.2, 0) is 22.1 Å². The fraction of sp³-hybridized carbons (Fsp3) is 0.200. The van der Waals surface area contributed by atoms with Gasteiger partial charge in [-0.25, -0.2) is 12.8 Å². The fourth-order valence-electron chi connectivity index (χ4n) is 2.09. The van der Waals surface area contributed by atoms with Crippen LogP contribution in [0.5, 0.6) is 0 Å². The van der Waals surface area contributed by atoms with Gasteiger partial charge in [0.1, 0.15) is 5.82 Å². The molecule has 2 rings (SSSR count). The van der Waals surface area contributed by atoms with Crippen molar-refractivity contribution in [3.8, 4) is 0 Å². The lowest BCUT2D eigenvalue weighted by atomic mass is 10.1. The molecule has 3 nitrogen and oxygen atoms in total. The van der Waals surface area contributed by atoms with Crippen LogP contribution >= 0.6 is 0 Å². The van der Waals surface area contributed by atoms with Crippen molar-refractivity contribution in [1.29, 1.82) is 0 Å². The number of nitrogens with two attached hydrogens (primary N) is 1. The summed E-state index contributed by atoms with van der Waals surface area (Å²) in [5.41, 5.74) is 6.56. The summed E-state index contributed by atoms with van der Waals surface area (Å²) >= 11 is 0. The lowest BCUT2D eigenvalue weighted by Gasteiger charge is -2.10. The molecule has 5 heteroatoms. The Morgan fingerprint density at radius 3 is 2.35 bits per heavy atom. The minimum atomic E-state index is -3.57. The highest BCUT2D eigenvalue weighted by molar-refractivity contribution is 7.90. The van der Waals surface area contributed by atoms with Gasteiger partial charge in [-0.3, -0.25) is 0 Å². The highest BCUT2D eigenvalue weighted by atomic mass is 32.2. The van der Waals surface area contributed by atoms with Gasteiger partial charge in [0.25, 0.3) is 0 Å². The summed E-state index contributed by atoms with van der Waals surface area (Å²) in [6.45, 7) is 1.77. The number of benzene rings is 2. The van der Waals surface area contributed by atoms with E-state index in [0.29, 0.717) is 11.1 Å². The zero-order chi connectivity index (χ0) is 14.8. The van der Waals surface area contributed by atoms with Crippen LogP contribution in [0.3, 0.4) is 0 Å². The molecule has 0 amide bonds. The molecule has 0 radical (unpaired) electrons. The summed E-state index contributed by atoms with van der Waals surface area (Å²) in [5.74, 6) is -0.899. The SMILES string of the molecule is Cc1ccccc1S(=O)(=O)Cc1cccc(CN)c1F. The van der Waals surface area contributed by atoms with E-state index in [0.717, 1.165) is 0 Å². The van der Waals surface area contributed by atoms with Crippen molar-refractivity contribution in [3.63, 3.8) is 0 Å². The maximum atomic E-state index is 14.1. The quantitative estimate of drug-likeness (QED) is 0.942. The van der Waals surface area contributed by atoms with Gasteiger partial charge in [0.15, 0.2) is 9.84 Å². The van der Waals surface area contributed by atoms with Crippen molar-refractivity contribution < 1.29 is 12.8 Å². The number of hydrogen-bond donors (Lipinski definition) is 1. The lowest BCUT2D eigenvalue weighted by molar-refractivity contribution is 0.581. The minimum Gasteiger partial charge on any atom is -0.326 e. The second-order valence-electron chi connectivity index (χ2n) is 4.62. The largest absolute Gasteiger partial charge is 0.326 e. The number of hydrogen-bond acceptors (Lipinski definition) is 3. The van der Waals surface area contributed by atoms with Gasteiger partial charge in [-0.05, 0) is 18.6 Å². The first-order valence-electron chi connectivity index (χ1n) is 6.20. The van der Waals surface area contributed by atoms with Crippen LogP contribution in [0, 0.1) is 12.7 Å². The van der Waals surface area contributed by atoms with Gasteiger partial charge in [-0.2, -0.15) is 0 Å². The van der Waals surface area contributed by atoms with Crippen LogP contribution < -0.4 is 5.73 Å². The van der Waals surface area contributed by atoms with Crippen molar-refractivity contribution in [2.24, 2.45) is 5.73 Å². The zero-order valence-electron chi connectivity index (χ0n) is 11.1. The van der Waals surface area contributed by atoms with E-state index in [1.807, 2.05) is 0 Å². The highest BCUT2D eigenvalue weighted by Crippen LogP contribution is 2.22. The smallest absolute Gasteiger partial charge is 0.182 e. The predicted molar refractivity (Wildman–Crippen MR) is 76.4 cm³/mol. The van der Waals surface area contributed by atoms with Gasteiger partial charge in [0, 0.05) is 17.7 Å². The molecule has 0 aliphatic heterocycles. The molecule has 0 unspecified atom stereocenters. The van der Waals surface area contributed by atoms with Gasteiger partial charge in [-0.1, -0.05) is 36.4 Å². The summed E-state index contributed by atoms with van der Waals surface area (Å²) in [5, 5.41) is 0. The number of halogens is 1. The zero-order valence-corrected chi connectivity index (χ0v) is 12.0. The molecule has 2 N–H and O–H groups in total. The Hall–Kier alpha value is -1.72. The number of rotatable bonds is 4. The van der Waals surface area contributed by atoms with Crippen molar-refractivity contribution in [2.45, 2.75) is 24.1 Å². The van der Waals surface area contributed by atoms with Gasteiger partial charge in [-0.15, -0.1) is 0 Å².